The van der Waals surface area contributed by atoms with Gasteiger partial charge in [-0.25, -0.2) is 4.39 Å². The second-order valence-corrected chi connectivity index (χ2v) is 7.33. The van der Waals surface area contributed by atoms with E-state index in [1.807, 2.05) is 10.6 Å². The molecule has 0 saturated heterocycles. The molecule has 1 aliphatic heterocycles. The highest BCUT2D eigenvalue weighted by molar-refractivity contribution is 6.10. The van der Waals surface area contributed by atoms with Gasteiger partial charge in [0.2, 0.25) is 5.43 Å². The van der Waals surface area contributed by atoms with Crippen molar-refractivity contribution in [3.05, 3.63) is 106 Å². The Morgan fingerprint density at radius 2 is 1.61 bits per heavy atom. The predicted octanol–water partition coefficient (Wildman–Crippen LogP) is 4.19. The van der Waals surface area contributed by atoms with Crippen LogP contribution in [-0.4, -0.2) is 23.6 Å². The number of aromatic nitrogens is 1. The molecule has 0 spiro atoms. The Morgan fingerprint density at radius 1 is 0.935 bits per heavy atom. The van der Waals surface area contributed by atoms with Crippen LogP contribution in [0.1, 0.15) is 21.5 Å². The monoisotopic (exact) mass is 415 g/mol. The normalized spacial score (nSPS) is 12.7. The maximum Gasteiger partial charge on any atom is 0.200 e. The van der Waals surface area contributed by atoms with Gasteiger partial charge >= 0.3 is 0 Å². The lowest BCUT2D eigenvalue weighted by atomic mass is 10.0. The number of hydrogen-bond donors (Lipinski definition) is 0. The van der Waals surface area contributed by atoms with E-state index in [-0.39, 0.29) is 22.6 Å². The van der Waals surface area contributed by atoms with E-state index in [1.54, 1.807) is 54.7 Å². The summed E-state index contributed by atoms with van der Waals surface area (Å²) in [6.45, 7) is 1.17. The van der Waals surface area contributed by atoms with Crippen LogP contribution in [-0.2, 0) is 6.54 Å². The molecule has 0 radical (unpaired) electrons. The summed E-state index contributed by atoms with van der Waals surface area (Å²) in [7, 11) is 0. The molecule has 3 aromatic carbocycles. The fraction of sp³-hybridized carbons (Fsp3) is 0.120. The number of carbonyl (C=O) groups is 1. The fourth-order valence-electron chi connectivity index (χ4n) is 3.75. The number of carbonyl (C=O) groups excluding carboxylic acids is 1. The first kappa shape index (κ1) is 19.1. The van der Waals surface area contributed by atoms with Crippen LogP contribution in [0.2, 0.25) is 0 Å². The molecule has 0 saturated carbocycles. The van der Waals surface area contributed by atoms with Gasteiger partial charge in [0, 0.05) is 24.4 Å². The minimum Gasteiger partial charge on any atom is -0.486 e. The number of ether oxygens (including phenoxy) is 2. The largest absolute Gasteiger partial charge is 0.486 e. The molecule has 5 rings (SSSR count). The summed E-state index contributed by atoms with van der Waals surface area (Å²) in [5, 5.41) is 0.369. The minimum atomic E-state index is -0.365. The zero-order valence-corrected chi connectivity index (χ0v) is 16.5. The fourth-order valence-corrected chi connectivity index (χ4v) is 3.75. The van der Waals surface area contributed by atoms with Gasteiger partial charge < -0.3 is 14.0 Å². The van der Waals surface area contributed by atoms with Crippen LogP contribution in [0, 0.1) is 5.82 Å². The Bertz CT molecular complexity index is 1340. The van der Waals surface area contributed by atoms with Crippen molar-refractivity contribution in [2.75, 3.05) is 13.2 Å². The summed E-state index contributed by atoms with van der Waals surface area (Å²) in [4.78, 5) is 26.4. The molecular weight excluding hydrogens is 397 g/mol. The third-order valence-electron chi connectivity index (χ3n) is 5.29. The van der Waals surface area contributed by atoms with Gasteiger partial charge in [-0.05, 0) is 23.8 Å². The second-order valence-electron chi connectivity index (χ2n) is 7.33. The second kappa shape index (κ2) is 7.72. The van der Waals surface area contributed by atoms with Gasteiger partial charge in [-0.15, -0.1) is 0 Å². The van der Waals surface area contributed by atoms with Gasteiger partial charge in [0.05, 0.1) is 16.5 Å². The van der Waals surface area contributed by atoms with Crippen LogP contribution >= 0.6 is 0 Å². The van der Waals surface area contributed by atoms with E-state index in [9.17, 15) is 14.0 Å². The lowest BCUT2D eigenvalue weighted by Crippen LogP contribution is -2.21. The number of halogens is 1. The Morgan fingerprint density at radius 3 is 2.32 bits per heavy atom. The van der Waals surface area contributed by atoms with Crippen molar-refractivity contribution in [1.29, 1.82) is 0 Å². The first-order valence-electron chi connectivity index (χ1n) is 9.91. The average molecular weight is 415 g/mol. The van der Waals surface area contributed by atoms with Crippen LogP contribution in [0.3, 0.4) is 0 Å². The highest BCUT2D eigenvalue weighted by atomic mass is 19.1. The summed E-state index contributed by atoms with van der Waals surface area (Å²) in [6, 6.07) is 18.2. The van der Waals surface area contributed by atoms with Gasteiger partial charge in [-0.1, -0.05) is 42.5 Å². The quantitative estimate of drug-likeness (QED) is 0.469. The average Bonchev–Trinajstić information content (AvgIpc) is 2.81. The first-order chi connectivity index (χ1) is 15.1. The third kappa shape index (κ3) is 3.57. The number of fused-ring (bicyclic) bond motifs is 2. The molecule has 0 fully saturated rings. The van der Waals surface area contributed by atoms with E-state index in [1.165, 1.54) is 12.1 Å². The molecule has 0 bridgehead atoms. The topological polar surface area (TPSA) is 57.5 Å². The molecule has 0 unspecified atom stereocenters. The van der Waals surface area contributed by atoms with Crippen molar-refractivity contribution >= 4 is 16.7 Å². The standard InChI is InChI=1S/C25H18FNO4/c26-18-8-6-16(7-9-18)14-27-15-20(24(28)17-4-2-1-3-5-17)25(29)19-12-22-23(13-21(19)27)31-11-10-30-22/h1-9,12-13,15H,10-11,14H2. The summed E-state index contributed by atoms with van der Waals surface area (Å²) < 4.78 is 26.5. The lowest BCUT2D eigenvalue weighted by Gasteiger charge is -2.21. The Kier molecular flexibility index (Phi) is 4.75. The van der Waals surface area contributed by atoms with Crippen molar-refractivity contribution < 1.29 is 18.7 Å². The molecule has 6 heteroatoms. The SMILES string of the molecule is O=C(c1ccccc1)c1cn(Cc2ccc(F)cc2)c2cc3c(cc2c1=O)OCCO3. The molecule has 5 nitrogen and oxygen atoms in total. The maximum absolute atomic E-state index is 13.4. The number of pyridine rings is 1. The highest BCUT2D eigenvalue weighted by Crippen LogP contribution is 2.34. The van der Waals surface area contributed by atoms with E-state index < -0.39 is 0 Å². The maximum atomic E-state index is 13.4. The van der Waals surface area contributed by atoms with Crippen molar-refractivity contribution in [2.45, 2.75) is 6.54 Å². The van der Waals surface area contributed by atoms with Gasteiger partial charge in [-0.3, -0.25) is 9.59 Å². The molecule has 0 amide bonds. The molecule has 0 atom stereocenters. The predicted molar refractivity (Wildman–Crippen MR) is 115 cm³/mol. The number of ketones is 1. The van der Waals surface area contributed by atoms with E-state index in [4.69, 9.17) is 9.47 Å². The van der Waals surface area contributed by atoms with Gasteiger partial charge in [-0.2, -0.15) is 0 Å². The third-order valence-corrected chi connectivity index (χ3v) is 5.29. The highest BCUT2D eigenvalue weighted by Gasteiger charge is 2.21. The smallest absolute Gasteiger partial charge is 0.200 e. The molecule has 1 aliphatic rings. The summed E-state index contributed by atoms with van der Waals surface area (Å²) in [6.07, 6.45) is 1.57. The zero-order chi connectivity index (χ0) is 21.4. The molecule has 31 heavy (non-hydrogen) atoms. The number of hydrogen-bond acceptors (Lipinski definition) is 4. The van der Waals surface area contributed by atoms with E-state index in [2.05, 4.69) is 0 Å². The van der Waals surface area contributed by atoms with Crippen molar-refractivity contribution in [2.24, 2.45) is 0 Å². The van der Waals surface area contributed by atoms with Gasteiger partial charge in [0.15, 0.2) is 17.3 Å². The van der Waals surface area contributed by atoms with Crippen molar-refractivity contribution in [1.82, 2.24) is 4.57 Å². The van der Waals surface area contributed by atoms with Crippen LogP contribution in [0.5, 0.6) is 11.5 Å². The molecule has 1 aromatic heterocycles. The van der Waals surface area contributed by atoms with E-state index in [0.717, 1.165) is 5.56 Å². The van der Waals surface area contributed by atoms with E-state index >= 15 is 0 Å². The molecule has 154 valence electrons. The summed E-state index contributed by atoms with van der Waals surface area (Å²) >= 11 is 0. The Balaban J connectivity index is 1.72. The lowest BCUT2D eigenvalue weighted by molar-refractivity contribution is 0.103. The zero-order valence-electron chi connectivity index (χ0n) is 16.5. The molecule has 0 N–H and O–H groups in total. The van der Waals surface area contributed by atoms with Gasteiger partial charge in [0.25, 0.3) is 0 Å². The first-order valence-corrected chi connectivity index (χ1v) is 9.91. The summed E-state index contributed by atoms with van der Waals surface area (Å²) in [5.74, 6) is 0.352. The van der Waals surface area contributed by atoms with Crippen molar-refractivity contribution in [3.63, 3.8) is 0 Å². The Hall–Kier alpha value is -3.93. The number of nitrogens with zero attached hydrogens (tertiary/aromatic N) is 1. The van der Waals surface area contributed by atoms with Crippen LogP contribution in [0.4, 0.5) is 4.39 Å². The number of benzene rings is 3. The molecule has 4 aromatic rings. The van der Waals surface area contributed by atoms with Crippen LogP contribution < -0.4 is 14.9 Å². The minimum absolute atomic E-state index is 0.0671. The van der Waals surface area contributed by atoms with Crippen LogP contribution in [0.15, 0.2) is 77.7 Å². The molecule has 0 aliphatic carbocycles. The van der Waals surface area contributed by atoms with E-state index in [0.29, 0.717) is 47.7 Å². The molecular formula is C25H18FNO4. The van der Waals surface area contributed by atoms with Crippen molar-refractivity contribution in [3.8, 4) is 11.5 Å². The molecule has 2 heterocycles. The summed E-state index contributed by atoms with van der Waals surface area (Å²) in [5.41, 5.74) is 1.58. The Labute approximate surface area is 177 Å². The van der Waals surface area contributed by atoms with Crippen LogP contribution in [0.25, 0.3) is 10.9 Å². The van der Waals surface area contributed by atoms with Gasteiger partial charge in [0.1, 0.15) is 19.0 Å². The number of rotatable bonds is 4.